The fraction of sp³-hybridized carbons (Fsp3) is 0.240. The summed E-state index contributed by atoms with van der Waals surface area (Å²) in [6.45, 7) is 6.33. The maximum Gasteiger partial charge on any atom is 0.231 e. The van der Waals surface area contributed by atoms with Gasteiger partial charge in [0.05, 0.1) is 28.7 Å². The Bertz CT molecular complexity index is 1270. The number of carbonyl (C=O) groups is 1. The number of nitrogens with two attached hydrogens (primary N) is 1. The number of amides is 1. The third kappa shape index (κ3) is 4.65. The molecule has 3 aromatic heterocycles. The minimum absolute atomic E-state index is 0.136. The van der Waals surface area contributed by atoms with Gasteiger partial charge in [-0.05, 0) is 32.9 Å². The zero-order valence-corrected chi connectivity index (χ0v) is 18.9. The Labute approximate surface area is 192 Å². The number of hydrogen-bond donors (Lipinski definition) is 2. The lowest BCUT2D eigenvalue weighted by Gasteiger charge is -2.23. The summed E-state index contributed by atoms with van der Waals surface area (Å²) in [5.74, 6) is 0.403. The lowest BCUT2D eigenvalue weighted by atomic mass is 9.86. The first kappa shape index (κ1) is 22.3. The van der Waals surface area contributed by atoms with Crippen LogP contribution in [0.5, 0.6) is 0 Å². The molecule has 1 amide bonds. The minimum Gasteiger partial charge on any atom is -0.354 e. The van der Waals surface area contributed by atoms with E-state index in [0.29, 0.717) is 35.9 Å². The molecule has 0 aliphatic carbocycles. The molecule has 1 aromatic carbocycles. The number of nitrogens with one attached hydrogen (secondary N) is 1. The van der Waals surface area contributed by atoms with Crippen molar-refractivity contribution < 1.29 is 9.32 Å². The number of aryl methyl sites for hydroxylation is 1. The van der Waals surface area contributed by atoms with Crippen LogP contribution in [-0.4, -0.2) is 39.1 Å². The van der Waals surface area contributed by atoms with Crippen LogP contribution in [0.25, 0.3) is 34.0 Å². The highest BCUT2D eigenvalue weighted by molar-refractivity contribution is 5.87. The van der Waals surface area contributed by atoms with Crippen LogP contribution in [0, 0.1) is 6.92 Å². The van der Waals surface area contributed by atoms with Crippen LogP contribution in [0.1, 0.15) is 25.2 Å². The van der Waals surface area contributed by atoms with E-state index in [-0.39, 0.29) is 5.91 Å². The Morgan fingerprint density at radius 1 is 1.06 bits per heavy atom. The average molecular weight is 443 g/mol. The van der Waals surface area contributed by atoms with Gasteiger partial charge in [-0.25, -0.2) is 4.98 Å². The van der Waals surface area contributed by atoms with E-state index in [1.165, 1.54) is 0 Å². The van der Waals surface area contributed by atoms with Crippen molar-refractivity contribution in [3.05, 3.63) is 72.3 Å². The van der Waals surface area contributed by atoms with Crippen LogP contribution in [-0.2, 0) is 10.2 Å². The molecule has 4 aromatic rings. The second-order valence-corrected chi connectivity index (χ2v) is 8.23. The van der Waals surface area contributed by atoms with Gasteiger partial charge >= 0.3 is 0 Å². The monoisotopic (exact) mass is 442 g/mol. The first-order chi connectivity index (χ1) is 15.9. The number of rotatable bonds is 7. The molecule has 8 heteroatoms. The second-order valence-electron chi connectivity index (χ2n) is 8.23. The van der Waals surface area contributed by atoms with Gasteiger partial charge in [0.15, 0.2) is 5.76 Å². The van der Waals surface area contributed by atoms with Crippen LogP contribution in [0.15, 0.2) is 65.4 Å². The van der Waals surface area contributed by atoms with Gasteiger partial charge in [-0.1, -0.05) is 35.5 Å². The average Bonchev–Trinajstić information content (AvgIpc) is 3.33. The standard InChI is InChI=1S/C25H26N6O2/c1-16-23(21-14-19(31-33-21)17-7-5-4-6-8-17)30-20(15-29-16)18-9-11-27-22(13-18)25(2,3)24(32)28-12-10-26/h4-9,11,13-15H,10,12,26H2,1-3H3,(H,28,32). The summed E-state index contributed by atoms with van der Waals surface area (Å²) in [7, 11) is 0. The van der Waals surface area contributed by atoms with Gasteiger partial charge in [0.25, 0.3) is 0 Å². The molecule has 8 nitrogen and oxygen atoms in total. The maximum absolute atomic E-state index is 12.6. The molecule has 0 unspecified atom stereocenters. The molecule has 0 radical (unpaired) electrons. The Balaban J connectivity index is 1.67. The van der Waals surface area contributed by atoms with Gasteiger partial charge in [-0.15, -0.1) is 0 Å². The predicted molar refractivity (Wildman–Crippen MR) is 126 cm³/mol. The van der Waals surface area contributed by atoms with Gasteiger partial charge in [0.2, 0.25) is 5.91 Å². The molecule has 0 aliphatic rings. The zero-order valence-electron chi connectivity index (χ0n) is 18.9. The summed E-state index contributed by atoms with van der Waals surface area (Å²) in [6, 6.07) is 15.4. The van der Waals surface area contributed by atoms with Crippen molar-refractivity contribution in [2.45, 2.75) is 26.2 Å². The molecule has 33 heavy (non-hydrogen) atoms. The van der Waals surface area contributed by atoms with Gasteiger partial charge in [0, 0.05) is 36.5 Å². The molecular formula is C25H26N6O2. The normalized spacial score (nSPS) is 11.4. The molecule has 168 valence electrons. The zero-order chi connectivity index (χ0) is 23.4. The summed E-state index contributed by atoms with van der Waals surface area (Å²) >= 11 is 0. The first-order valence-electron chi connectivity index (χ1n) is 10.7. The van der Waals surface area contributed by atoms with E-state index in [4.69, 9.17) is 15.2 Å². The number of aromatic nitrogens is 4. The number of pyridine rings is 1. The number of nitrogens with zero attached hydrogens (tertiary/aromatic N) is 4. The lowest BCUT2D eigenvalue weighted by molar-refractivity contribution is -0.125. The van der Waals surface area contributed by atoms with Gasteiger partial charge in [-0.3, -0.25) is 14.8 Å². The first-order valence-corrected chi connectivity index (χ1v) is 10.7. The van der Waals surface area contributed by atoms with Gasteiger partial charge < -0.3 is 15.6 Å². The molecule has 0 fully saturated rings. The summed E-state index contributed by atoms with van der Waals surface area (Å²) in [5, 5.41) is 7.02. The largest absolute Gasteiger partial charge is 0.354 e. The van der Waals surface area contributed by atoms with Gasteiger partial charge in [0.1, 0.15) is 11.4 Å². The molecule has 0 atom stereocenters. The highest BCUT2D eigenvalue weighted by atomic mass is 16.5. The molecule has 4 rings (SSSR count). The van der Waals surface area contributed by atoms with Gasteiger partial charge in [-0.2, -0.15) is 0 Å². The van der Waals surface area contributed by atoms with Crippen molar-refractivity contribution in [3.8, 4) is 34.0 Å². The Hall–Kier alpha value is -3.91. The topological polar surface area (TPSA) is 120 Å². The number of benzene rings is 1. The van der Waals surface area contributed by atoms with Crippen molar-refractivity contribution >= 4 is 5.91 Å². The number of hydrogen-bond acceptors (Lipinski definition) is 7. The van der Waals surface area contributed by atoms with E-state index < -0.39 is 5.41 Å². The Kier molecular flexibility index (Phi) is 6.28. The molecule has 0 saturated heterocycles. The summed E-state index contributed by atoms with van der Waals surface area (Å²) in [6.07, 6.45) is 3.37. The van der Waals surface area contributed by atoms with E-state index in [1.54, 1.807) is 12.4 Å². The van der Waals surface area contributed by atoms with Crippen LogP contribution in [0.2, 0.25) is 0 Å². The lowest BCUT2D eigenvalue weighted by Crippen LogP contribution is -2.42. The molecular weight excluding hydrogens is 416 g/mol. The highest BCUT2D eigenvalue weighted by Gasteiger charge is 2.31. The van der Waals surface area contributed by atoms with Crippen molar-refractivity contribution in [1.82, 2.24) is 25.4 Å². The van der Waals surface area contributed by atoms with E-state index in [1.807, 2.05) is 69.3 Å². The molecule has 0 saturated carbocycles. The quantitative estimate of drug-likeness (QED) is 0.449. The van der Waals surface area contributed by atoms with Crippen LogP contribution in [0.3, 0.4) is 0 Å². The Morgan fingerprint density at radius 3 is 2.61 bits per heavy atom. The predicted octanol–water partition coefficient (Wildman–Crippen LogP) is 3.52. The fourth-order valence-corrected chi connectivity index (χ4v) is 3.41. The van der Waals surface area contributed by atoms with Crippen molar-refractivity contribution in [3.63, 3.8) is 0 Å². The van der Waals surface area contributed by atoms with Crippen LogP contribution >= 0.6 is 0 Å². The molecule has 0 aliphatic heterocycles. The molecule has 0 spiro atoms. The summed E-state index contributed by atoms with van der Waals surface area (Å²) in [5.41, 5.74) is 9.79. The minimum atomic E-state index is -0.832. The molecule has 3 N–H and O–H groups in total. The molecule has 0 bridgehead atoms. The third-order valence-electron chi connectivity index (χ3n) is 5.46. The fourth-order valence-electron chi connectivity index (χ4n) is 3.41. The van der Waals surface area contributed by atoms with E-state index in [9.17, 15) is 4.79 Å². The third-order valence-corrected chi connectivity index (χ3v) is 5.46. The summed E-state index contributed by atoms with van der Waals surface area (Å²) < 4.78 is 5.60. The molecule has 3 heterocycles. The number of carbonyl (C=O) groups excluding carboxylic acids is 1. The van der Waals surface area contributed by atoms with E-state index in [2.05, 4.69) is 20.4 Å². The van der Waals surface area contributed by atoms with Crippen LogP contribution in [0.4, 0.5) is 0 Å². The van der Waals surface area contributed by atoms with E-state index >= 15 is 0 Å². The van der Waals surface area contributed by atoms with Crippen molar-refractivity contribution in [2.75, 3.05) is 13.1 Å². The highest BCUT2D eigenvalue weighted by Crippen LogP contribution is 2.30. The van der Waals surface area contributed by atoms with E-state index in [0.717, 1.165) is 22.5 Å². The summed E-state index contributed by atoms with van der Waals surface area (Å²) in [4.78, 5) is 26.4. The van der Waals surface area contributed by atoms with Crippen molar-refractivity contribution in [1.29, 1.82) is 0 Å². The smallest absolute Gasteiger partial charge is 0.231 e. The second kappa shape index (κ2) is 9.30. The maximum atomic E-state index is 12.6. The SMILES string of the molecule is Cc1ncc(-c2ccnc(C(C)(C)C(=O)NCCN)c2)nc1-c1cc(-c2ccccc2)no1. The van der Waals surface area contributed by atoms with Crippen LogP contribution < -0.4 is 11.1 Å². The van der Waals surface area contributed by atoms with Crippen molar-refractivity contribution in [2.24, 2.45) is 5.73 Å². The Morgan fingerprint density at radius 2 is 1.85 bits per heavy atom.